The molecule has 2 fully saturated rings. The van der Waals surface area contributed by atoms with E-state index in [-0.39, 0.29) is 16.2 Å². The molecule has 2 aromatic heterocycles. The van der Waals surface area contributed by atoms with Crippen LogP contribution in [0, 0.1) is 0 Å². The number of piperazine rings is 1. The van der Waals surface area contributed by atoms with E-state index in [9.17, 15) is 13.2 Å². The Hall–Kier alpha value is -2.78. The number of aromatic nitrogens is 3. The summed E-state index contributed by atoms with van der Waals surface area (Å²) in [7, 11) is -3.26. The van der Waals surface area contributed by atoms with Gasteiger partial charge < -0.3 is 9.88 Å². The van der Waals surface area contributed by atoms with Crippen molar-refractivity contribution >= 4 is 32.5 Å². The number of aromatic amines is 1. The smallest absolute Gasteiger partial charge is 0.176 e. The van der Waals surface area contributed by atoms with Crippen LogP contribution in [0.15, 0.2) is 47.8 Å². The molecule has 0 amide bonds. The van der Waals surface area contributed by atoms with E-state index in [0.717, 1.165) is 49.3 Å². The Balaban J connectivity index is 1.31. The predicted octanol–water partition coefficient (Wildman–Crippen LogP) is 1.90. The predicted molar refractivity (Wildman–Crippen MR) is 114 cm³/mol. The van der Waals surface area contributed by atoms with Gasteiger partial charge in [-0.2, -0.15) is 0 Å². The van der Waals surface area contributed by atoms with Gasteiger partial charge in [-0.3, -0.25) is 9.69 Å². The van der Waals surface area contributed by atoms with Crippen LogP contribution >= 0.6 is 0 Å². The topological polar surface area (TPSA) is 99.3 Å². The van der Waals surface area contributed by atoms with Gasteiger partial charge in [0.25, 0.3) is 0 Å². The number of ketones is 1. The normalized spacial score (nSPS) is 18.8. The number of benzene rings is 1. The van der Waals surface area contributed by atoms with Crippen LogP contribution in [0.1, 0.15) is 23.2 Å². The molecule has 1 N–H and O–H groups in total. The average Bonchev–Trinajstić information content (AvgIpc) is 3.32. The highest BCUT2D eigenvalue weighted by Gasteiger charge is 2.51. The van der Waals surface area contributed by atoms with Crippen LogP contribution in [-0.4, -0.2) is 72.0 Å². The highest BCUT2D eigenvalue weighted by molar-refractivity contribution is 7.90. The summed E-state index contributed by atoms with van der Waals surface area (Å²) in [4.78, 5) is 29.6. The molecule has 0 unspecified atom stereocenters. The van der Waals surface area contributed by atoms with Crippen LogP contribution in [0.2, 0.25) is 0 Å². The maximum absolute atomic E-state index is 12.9. The van der Waals surface area contributed by atoms with Gasteiger partial charge in [0, 0.05) is 43.2 Å². The van der Waals surface area contributed by atoms with Crippen molar-refractivity contribution in [3.8, 4) is 0 Å². The second-order valence-corrected chi connectivity index (χ2v) is 10.2. The van der Waals surface area contributed by atoms with Crippen molar-refractivity contribution in [2.24, 2.45) is 0 Å². The number of Topliss-reactive ketones (excluding diaryl/α,β-unsaturated/α-hetero) is 1. The summed E-state index contributed by atoms with van der Waals surface area (Å²) in [5.74, 6) is 0.958. The summed E-state index contributed by atoms with van der Waals surface area (Å²) in [5, 5.41) is 1.02. The maximum atomic E-state index is 12.9. The van der Waals surface area contributed by atoms with Crippen molar-refractivity contribution in [3.63, 3.8) is 0 Å². The van der Waals surface area contributed by atoms with Crippen molar-refractivity contribution in [1.82, 2.24) is 19.9 Å². The van der Waals surface area contributed by atoms with Crippen LogP contribution < -0.4 is 4.90 Å². The number of nitrogens with one attached hydrogen (secondary N) is 1. The van der Waals surface area contributed by atoms with E-state index >= 15 is 0 Å². The number of sulfone groups is 1. The zero-order valence-electron chi connectivity index (χ0n) is 16.7. The van der Waals surface area contributed by atoms with Crippen molar-refractivity contribution in [2.75, 3.05) is 37.3 Å². The molecule has 1 aromatic carbocycles. The molecule has 156 valence electrons. The van der Waals surface area contributed by atoms with Crippen molar-refractivity contribution in [1.29, 1.82) is 0 Å². The molecule has 0 atom stereocenters. The molecular weight excluding hydrogens is 402 g/mol. The lowest BCUT2D eigenvalue weighted by molar-refractivity contribution is 0.0852. The summed E-state index contributed by atoms with van der Waals surface area (Å²) < 4.78 is 23.3. The van der Waals surface area contributed by atoms with Gasteiger partial charge in [0.2, 0.25) is 0 Å². The summed E-state index contributed by atoms with van der Waals surface area (Å²) in [6, 6.07) is 8.23. The lowest BCUT2D eigenvalue weighted by Gasteiger charge is -2.42. The number of anilines is 1. The molecule has 0 bridgehead atoms. The fourth-order valence-electron chi connectivity index (χ4n) is 4.32. The van der Waals surface area contributed by atoms with Crippen LogP contribution in [0.3, 0.4) is 0 Å². The number of fused-ring (bicyclic) bond motifs is 1. The van der Waals surface area contributed by atoms with E-state index in [1.807, 2.05) is 12.3 Å². The monoisotopic (exact) mass is 425 g/mol. The van der Waals surface area contributed by atoms with Crippen molar-refractivity contribution in [3.05, 3.63) is 48.4 Å². The van der Waals surface area contributed by atoms with Crippen LogP contribution in [0.5, 0.6) is 0 Å². The van der Waals surface area contributed by atoms with E-state index in [4.69, 9.17) is 0 Å². The molecule has 0 radical (unpaired) electrons. The van der Waals surface area contributed by atoms with Gasteiger partial charge >= 0.3 is 0 Å². The van der Waals surface area contributed by atoms with Crippen LogP contribution in [0.25, 0.3) is 11.0 Å². The van der Waals surface area contributed by atoms with Crippen molar-refractivity contribution < 1.29 is 13.2 Å². The molecule has 2 aliphatic rings. The fourth-order valence-corrected chi connectivity index (χ4v) is 4.95. The third kappa shape index (κ3) is 3.37. The van der Waals surface area contributed by atoms with E-state index in [1.54, 1.807) is 18.5 Å². The quantitative estimate of drug-likeness (QED) is 0.623. The minimum atomic E-state index is -3.26. The van der Waals surface area contributed by atoms with E-state index in [2.05, 4.69) is 24.8 Å². The van der Waals surface area contributed by atoms with E-state index in [0.29, 0.717) is 12.1 Å². The van der Waals surface area contributed by atoms with Gasteiger partial charge in [-0.05, 0) is 31.0 Å². The summed E-state index contributed by atoms with van der Waals surface area (Å²) in [6.07, 6.45) is 6.75. The Bertz CT molecular complexity index is 1210. The molecule has 8 nitrogen and oxygen atoms in total. The number of hydrogen-bond acceptors (Lipinski definition) is 7. The lowest BCUT2D eigenvalue weighted by Crippen LogP contribution is -2.56. The Morgan fingerprint density at radius 2 is 1.90 bits per heavy atom. The van der Waals surface area contributed by atoms with Crippen molar-refractivity contribution in [2.45, 2.75) is 23.3 Å². The third-order valence-electron chi connectivity index (χ3n) is 6.19. The zero-order valence-corrected chi connectivity index (χ0v) is 17.5. The Morgan fingerprint density at radius 1 is 1.13 bits per heavy atom. The first-order chi connectivity index (χ1) is 14.4. The zero-order chi connectivity index (χ0) is 20.9. The molecule has 1 spiro atoms. The molecule has 30 heavy (non-hydrogen) atoms. The molecular formula is C21H23N5O3S. The van der Waals surface area contributed by atoms with Gasteiger partial charge in [0.05, 0.1) is 16.8 Å². The summed E-state index contributed by atoms with van der Waals surface area (Å²) >= 11 is 0. The SMILES string of the molecule is CS(=O)(=O)c1ccc(C(=O)CN2CCN(c3ncnc4[nH]ccc34)CC23CC3)cc1. The third-order valence-corrected chi connectivity index (χ3v) is 7.32. The van der Waals surface area contributed by atoms with E-state index < -0.39 is 9.84 Å². The molecule has 1 aliphatic carbocycles. The molecule has 5 rings (SSSR count). The second kappa shape index (κ2) is 6.88. The average molecular weight is 426 g/mol. The van der Waals surface area contributed by atoms with Gasteiger partial charge in [-0.1, -0.05) is 12.1 Å². The van der Waals surface area contributed by atoms with E-state index in [1.165, 1.54) is 18.4 Å². The van der Waals surface area contributed by atoms with Gasteiger partial charge in [0.15, 0.2) is 15.6 Å². The number of H-pyrrole nitrogens is 1. The first-order valence-electron chi connectivity index (χ1n) is 9.97. The molecule has 1 saturated heterocycles. The molecule has 1 saturated carbocycles. The minimum Gasteiger partial charge on any atom is -0.353 e. The number of carbonyl (C=O) groups excluding carboxylic acids is 1. The lowest BCUT2D eigenvalue weighted by atomic mass is 10.1. The maximum Gasteiger partial charge on any atom is 0.176 e. The molecule has 1 aliphatic heterocycles. The first-order valence-corrected chi connectivity index (χ1v) is 11.9. The standard InChI is InChI=1S/C21H23N5O3S/c1-30(28,29)16-4-2-15(3-5-16)18(27)12-26-11-10-25(13-21(26)7-8-21)20-17-6-9-22-19(17)23-14-24-20/h2-6,9,14H,7-8,10-13H2,1H3,(H,22,23,24). The summed E-state index contributed by atoms with van der Waals surface area (Å²) in [5.41, 5.74) is 1.39. The largest absolute Gasteiger partial charge is 0.353 e. The Labute approximate surface area is 174 Å². The van der Waals surface area contributed by atoms with Gasteiger partial charge in [-0.25, -0.2) is 18.4 Å². The second-order valence-electron chi connectivity index (χ2n) is 8.22. The van der Waals surface area contributed by atoms with Gasteiger partial charge in [-0.15, -0.1) is 0 Å². The van der Waals surface area contributed by atoms with Crippen LogP contribution in [0.4, 0.5) is 5.82 Å². The minimum absolute atomic E-state index is 0.00812. The number of nitrogens with zero attached hydrogens (tertiary/aromatic N) is 4. The Morgan fingerprint density at radius 3 is 2.60 bits per heavy atom. The van der Waals surface area contributed by atoms with Crippen LogP contribution in [-0.2, 0) is 9.84 Å². The molecule has 9 heteroatoms. The number of rotatable bonds is 5. The summed E-state index contributed by atoms with van der Waals surface area (Å²) in [6.45, 7) is 2.75. The highest BCUT2D eigenvalue weighted by Crippen LogP contribution is 2.45. The fraction of sp³-hybridized carbons (Fsp3) is 0.381. The first kappa shape index (κ1) is 19.2. The molecule has 3 heterocycles. The van der Waals surface area contributed by atoms with Gasteiger partial charge in [0.1, 0.15) is 17.8 Å². The highest BCUT2D eigenvalue weighted by atomic mass is 32.2. The number of carbonyl (C=O) groups is 1. The number of hydrogen-bond donors (Lipinski definition) is 1. The molecule has 3 aromatic rings. The Kier molecular flexibility index (Phi) is 4.41.